The summed E-state index contributed by atoms with van der Waals surface area (Å²) in [5, 5.41) is 13.8. The summed E-state index contributed by atoms with van der Waals surface area (Å²) >= 11 is 0. The van der Waals surface area contributed by atoms with Gasteiger partial charge < -0.3 is 14.8 Å². The van der Waals surface area contributed by atoms with Crippen LogP contribution in [0.4, 0.5) is 5.69 Å². The predicted octanol–water partition coefficient (Wildman–Crippen LogP) is 1.06. The molecule has 1 aromatic rings. The maximum Gasteiger partial charge on any atom is 0.311 e. The zero-order valence-electron chi connectivity index (χ0n) is 13.1. The molecule has 0 aromatic heterocycles. The van der Waals surface area contributed by atoms with Crippen molar-refractivity contribution in [2.24, 2.45) is 0 Å². The number of carbonyl (C=O) groups excluding carboxylic acids is 1. The largest absolute Gasteiger partial charge is 0.487 e. The molecule has 2 rings (SSSR count). The first-order chi connectivity index (χ1) is 11.1. The van der Waals surface area contributed by atoms with E-state index in [0.717, 1.165) is 19.6 Å². The Hall–Kier alpha value is -2.19. The Morgan fingerprint density at radius 2 is 2.17 bits per heavy atom. The minimum atomic E-state index is -0.546. The van der Waals surface area contributed by atoms with Crippen LogP contribution in [0.25, 0.3) is 0 Å². The normalized spacial score (nSPS) is 15.2. The van der Waals surface area contributed by atoms with E-state index in [9.17, 15) is 14.9 Å². The molecule has 1 heterocycles. The van der Waals surface area contributed by atoms with Crippen LogP contribution in [0.2, 0.25) is 0 Å². The number of nitrogens with one attached hydrogen (secondary N) is 1. The number of rotatable bonds is 7. The average molecular weight is 323 g/mol. The molecular formula is C15H21N3O5. The summed E-state index contributed by atoms with van der Waals surface area (Å²) in [6, 6.07) is 4.23. The maximum absolute atomic E-state index is 12.1. The number of hydrogen-bond donors (Lipinski definition) is 1. The molecule has 1 fully saturated rings. The van der Waals surface area contributed by atoms with Crippen LogP contribution in [0.3, 0.4) is 0 Å². The van der Waals surface area contributed by atoms with Crippen LogP contribution < -0.4 is 10.1 Å². The smallest absolute Gasteiger partial charge is 0.311 e. The second-order valence-electron chi connectivity index (χ2n) is 5.08. The van der Waals surface area contributed by atoms with Gasteiger partial charge >= 0.3 is 5.69 Å². The summed E-state index contributed by atoms with van der Waals surface area (Å²) in [6.45, 7) is 6.41. The third kappa shape index (κ3) is 4.90. The van der Waals surface area contributed by atoms with Gasteiger partial charge in [-0.25, -0.2) is 0 Å². The van der Waals surface area contributed by atoms with Gasteiger partial charge in [-0.15, -0.1) is 0 Å². The molecule has 1 aliphatic heterocycles. The lowest BCUT2D eigenvalue weighted by atomic mass is 10.1. The number of ether oxygens (including phenoxy) is 2. The highest BCUT2D eigenvalue weighted by atomic mass is 16.6. The van der Waals surface area contributed by atoms with E-state index in [-0.39, 0.29) is 22.9 Å². The second kappa shape index (κ2) is 8.44. The highest BCUT2D eigenvalue weighted by Gasteiger charge is 2.18. The molecule has 0 spiro atoms. The van der Waals surface area contributed by atoms with Crippen molar-refractivity contribution in [2.45, 2.75) is 6.92 Å². The van der Waals surface area contributed by atoms with Gasteiger partial charge in [0.05, 0.1) is 24.7 Å². The Morgan fingerprint density at radius 3 is 2.83 bits per heavy atom. The first kappa shape index (κ1) is 17.2. The van der Waals surface area contributed by atoms with E-state index in [2.05, 4.69) is 10.2 Å². The first-order valence-electron chi connectivity index (χ1n) is 7.61. The number of hydrogen-bond acceptors (Lipinski definition) is 6. The minimum Gasteiger partial charge on any atom is -0.487 e. The van der Waals surface area contributed by atoms with Gasteiger partial charge in [-0.2, -0.15) is 0 Å². The molecule has 126 valence electrons. The van der Waals surface area contributed by atoms with Crippen molar-refractivity contribution in [3.63, 3.8) is 0 Å². The number of nitro benzene ring substituents is 1. The van der Waals surface area contributed by atoms with E-state index in [1.807, 2.05) is 0 Å². The number of nitro groups is 1. The molecule has 1 amide bonds. The molecule has 1 aliphatic rings. The second-order valence-corrected chi connectivity index (χ2v) is 5.08. The fourth-order valence-electron chi connectivity index (χ4n) is 2.33. The van der Waals surface area contributed by atoms with Crippen molar-refractivity contribution < 1.29 is 19.2 Å². The Morgan fingerprint density at radius 1 is 1.43 bits per heavy atom. The Labute approximate surface area is 134 Å². The van der Waals surface area contributed by atoms with Crippen LogP contribution in [0.5, 0.6) is 5.75 Å². The van der Waals surface area contributed by atoms with Gasteiger partial charge in [0.1, 0.15) is 0 Å². The SMILES string of the molecule is CCOc1ccc(C(=O)NCCN2CCOCC2)cc1[N+](=O)[O-]. The first-order valence-corrected chi connectivity index (χ1v) is 7.61. The Kier molecular flexibility index (Phi) is 6.30. The quantitative estimate of drug-likeness (QED) is 0.595. The molecule has 1 N–H and O–H groups in total. The number of nitrogens with zero attached hydrogens (tertiary/aromatic N) is 2. The molecular weight excluding hydrogens is 302 g/mol. The lowest BCUT2D eigenvalue weighted by Crippen LogP contribution is -2.41. The van der Waals surface area contributed by atoms with E-state index in [1.54, 1.807) is 6.92 Å². The summed E-state index contributed by atoms with van der Waals surface area (Å²) < 4.78 is 10.5. The van der Waals surface area contributed by atoms with E-state index in [4.69, 9.17) is 9.47 Å². The molecule has 0 bridgehead atoms. The summed E-state index contributed by atoms with van der Waals surface area (Å²) in [7, 11) is 0. The number of amides is 1. The van der Waals surface area contributed by atoms with Gasteiger partial charge in [0.2, 0.25) is 0 Å². The third-order valence-electron chi connectivity index (χ3n) is 3.53. The number of benzene rings is 1. The fraction of sp³-hybridized carbons (Fsp3) is 0.533. The van der Waals surface area contributed by atoms with Crippen LogP contribution in [0, 0.1) is 10.1 Å². The van der Waals surface area contributed by atoms with E-state index >= 15 is 0 Å². The third-order valence-corrected chi connectivity index (χ3v) is 3.53. The minimum absolute atomic E-state index is 0.169. The standard InChI is InChI=1S/C15H21N3O5/c1-2-23-14-4-3-12(11-13(14)18(20)21)15(19)16-5-6-17-7-9-22-10-8-17/h3-4,11H,2,5-10H2,1H3,(H,16,19). The highest BCUT2D eigenvalue weighted by Crippen LogP contribution is 2.27. The maximum atomic E-state index is 12.1. The average Bonchev–Trinajstić information content (AvgIpc) is 2.56. The van der Waals surface area contributed by atoms with Crippen molar-refractivity contribution in [1.82, 2.24) is 10.2 Å². The monoisotopic (exact) mass is 323 g/mol. The van der Waals surface area contributed by atoms with Gasteiger partial charge in [0.25, 0.3) is 5.91 Å². The highest BCUT2D eigenvalue weighted by molar-refractivity contribution is 5.95. The zero-order chi connectivity index (χ0) is 16.7. The summed E-state index contributed by atoms with van der Waals surface area (Å²) in [5.74, 6) is -0.160. The molecule has 8 heteroatoms. The summed E-state index contributed by atoms with van der Waals surface area (Å²) in [5.41, 5.74) is 0.0507. The predicted molar refractivity (Wildman–Crippen MR) is 83.9 cm³/mol. The zero-order valence-corrected chi connectivity index (χ0v) is 13.1. The molecule has 8 nitrogen and oxygen atoms in total. The summed E-state index contributed by atoms with van der Waals surface area (Å²) in [4.78, 5) is 24.8. The molecule has 0 aliphatic carbocycles. The Bertz CT molecular complexity index is 558. The van der Waals surface area contributed by atoms with Crippen LogP contribution >= 0.6 is 0 Å². The molecule has 0 saturated carbocycles. The molecule has 0 atom stereocenters. The number of morpholine rings is 1. The van der Waals surface area contributed by atoms with Crippen LogP contribution in [0.1, 0.15) is 17.3 Å². The van der Waals surface area contributed by atoms with Crippen LogP contribution in [0.15, 0.2) is 18.2 Å². The van der Waals surface area contributed by atoms with Gasteiger partial charge in [-0.05, 0) is 19.1 Å². The van der Waals surface area contributed by atoms with Crippen molar-refractivity contribution >= 4 is 11.6 Å². The van der Waals surface area contributed by atoms with E-state index in [0.29, 0.717) is 26.4 Å². The fourth-order valence-corrected chi connectivity index (χ4v) is 2.33. The molecule has 23 heavy (non-hydrogen) atoms. The van der Waals surface area contributed by atoms with Crippen LogP contribution in [-0.4, -0.2) is 61.7 Å². The number of carbonyl (C=O) groups is 1. The van der Waals surface area contributed by atoms with Gasteiger partial charge in [-0.1, -0.05) is 0 Å². The summed E-state index contributed by atoms with van der Waals surface area (Å²) in [6.07, 6.45) is 0. The van der Waals surface area contributed by atoms with Gasteiger partial charge in [0, 0.05) is 37.8 Å². The lowest BCUT2D eigenvalue weighted by molar-refractivity contribution is -0.385. The molecule has 0 unspecified atom stereocenters. The lowest BCUT2D eigenvalue weighted by Gasteiger charge is -2.26. The van der Waals surface area contributed by atoms with Crippen molar-refractivity contribution in [2.75, 3.05) is 46.0 Å². The topological polar surface area (TPSA) is 93.9 Å². The molecule has 0 radical (unpaired) electrons. The van der Waals surface area contributed by atoms with Gasteiger partial charge in [-0.3, -0.25) is 19.8 Å². The van der Waals surface area contributed by atoms with E-state index in [1.165, 1.54) is 18.2 Å². The molecule has 1 aromatic carbocycles. The van der Waals surface area contributed by atoms with Crippen LogP contribution in [-0.2, 0) is 4.74 Å². The van der Waals surface area contributed by atoms with Gasteiger partial charge in [0.15, 0.2) is 5.75 Å². The van der Waals surface area contributed by atoms with Crippen molar-refractivity contribution in [1.29, 1.82) is 0 Å². The Balaban J connectivity index is 1.93. The van der Waals surface area contributed by atoms with E-state index < -0.39 is 4.92 Å². The van der Waals surface area contributed by atoms with Crippen molar-refractivity contribution in [3.05, 3.63) is 33.9 Å². The molecule has 1 saturated heterocycles. The van der Waals surface area contributed by atoms with Crippen molar-refractivity contribution in [3.8, 4) is 5.75 Å².